The molecule has 0 aromatic heterocycles. The smallest absolute Gasteiger partial charge is 0.325 e. The quantitative estimate of drug-likeness (QED) is 0.642. The number of carbonyl (C=O) groups is 2. The summed E-state index contributed by atoms with van der Waals surface area (Å²) in [6, 6.07) is -0.767. The van der Waals surface area contributed by atoms with Gasteiger partial charge < -0.3 is 10.4 Å². The van der Waals surface area contributed by atoms with Gasteiger partial charge in [-0.1, -0.05) is 0 Å². The minimum Gasteiger partial charge on any atom is -0.480 e. The fourth-order valence-electron chi connectivity index (χ4n) is 0.946. The van der Waals surface area contributed by atoms with Gasteiger partial charge in [-0.2, -0.15) is 0 Å². The normalized spacial score (nSPS) is 18.4. The van der Waals surface area contributed by atoms with E-state index in [9.17, 15) is 9.59 Å². The summed E-state index contributed by atoms with van der Waals surface area (Å²) in [5.41, 5.74) is 0. The third kappa shape index (κ3) is 2.90. The molecule has 1 aliphatic rings. The molecule has 0 saturated heterocycles. The summed E-state index contributed by atoms with van der Waals surface area (Å²) < 4.78 is 0. The largest absolute Gasteiger partial charge is 0.480 e. The van der Waals surface area contributed by atoms with E-state index in [0.717, 1.165) is 12.8 Å². The zero-order chi connectivity index (χ0) is 9.14. The maximum atomic E-state index is 11.0. The van der Waals surface area contributed by atoms with Crippen molar-refractivity contribution in [1.82, 2.24) is 5.32 Å². The van der Waals surface area contributed by atoms with Gasteiger partial charge in [0.05, 0.1) is 0 Å². The third-order valence-corrected chi connectivity index (χ3v) is 1.92. The van der Waals surface area contributed by atoms with Crippen LogP contribution >= 0.6 is 0 Å². The average Bonchev–Trinajstić information content (AvgIpc) is 2.71. The highest BCUT2D eigenvalue weighted by molar-refractivity contribution is 5.83. The van der Waals surface area contributed by atoms with Crippen LogP contribution in [0, 0.1) is 5.92 Å². The summed E-state index contributed by atoms with van der Waals surface area (Å²) in [6.07, 6.45) is 2.70. The lowest BCUT2D eigenvalue weighted by molar-refractivity contribution is -0.141. The molecule has 1 saturated carbocycles. The summed E-state index contributed by atoms with van der Waals surface area (Å²) >= 11 is 0. The standard InChI is InChI=1S/C8H13NO3/c1-5(8(11)12)9-7(10)4-6-2-3-6/h5-6H,2-4H2,1H3,(H,9,10)(H,11,12)/t5-/m1/s1. The molecule has 0 radical (unpaired) electrons. The van der Waals surface area contributed by atoms with Crippen LogP contribution in [0.3, 0.4) is 0 Å². The second kappa shape index (κ2) is 3.56. The maximum absolute atomic E-state index is 11.0. The molecule has 4 heteroatoms. The number of aliphatic carboxylic acids is 1. The van der Waals surface area contributed by atoms with Crippen LogP contribution in [0.25, 0.3) is 0 Å². The molecule has 0 heterocycles. The summed E-state index contributed by atoms with van der Waals surface area (Å²) in [5.74, 6) is -0.627. The van der Waals surface area contributed by atoms with Crippen LogP contribution in [0.2, 0.25) is 0 Å². The first-order valence-electron chi connectivity index (χ1n) is 4.11. The molecule has 1 fully saturated rings. The predicted octanol–water partition coefficient (Wildman–Crippen LogP) is 0.376. The molecule has 0 spiro atoms. The van der Waals surface area contributed by atoms with E-state index in [1.807, 2.05) is 0 Å². The molecule has 1 atom stereocenters. The van der Waals surface area contributed by atoms with E-state index in [1.54, 1.807) is 0 Å². The van der Waals surface area contributed by atoms with Crippen LogP contribution in [0.4, 0.5) is 0 Å². The Balaban J connectivity index is 2.19. The molecule has 1 amide bonds. The first-order chi connectivity index (χ1) is 5.59. The molecule has 2 N–H and O–H groups in total. The lowest BCUT2D eigenvalue weighted by atomic mass is 10.2. The van der Waals surface area contributed by atoms with Gasteiger partial charge in [0.1, 0.15) is 6.04 Å². The number of hydrogen-bond donors (Lipinski definition) is 2. The SMILES string of the molecule is C[C@@H](NC(=O)CC1CC1)C(=O)O. The Labute approximate surface area is 71.0 Å². The topological polar surface area (TPSA) is 66.4 Å². The highest BCUT2D eigenvalue weighted by atomic mass is 16.4. The first kappa shape index (κ1) is 9.03. The number of carboxylic acid groups (broad SMARTS) is 1. The van der Waals surface area contributed by atoms with Gasteiger partial charge in [0.15, 0.2) is 0 Å². The minimum absolute atomic E-state index is 0.146. The second-order valence-corrected chi connectivity index (χ2v) is 3.27. The van der Waals surface area contributed by atoms with Gasteiger partial charge in [-0.25, -0.2) is 0 Å². The van der Waals surface area contributed by atoms with Gasteiger partial charge in [0, 0.05) is 6.42 Å². The van der Waals surface area contributed by atoms with E-state index < -0.39 is 12.0 Å². The number of nitrogens with one attached hydrogen (secondary N) is 1. The first-order valence-corrected chi connectivity index (χ1v) is 4.11. The van der Waals surface area contributed by atoms with E-state index in [4.69, 9.17) is 5.11 Å². The summed E-state index contributed by atoms with van der Waals surface area (Å²) in [4.78, 5) is 21.4. The zero-order valence-electron chi connectivity index (χ0n) is 7.04. The summed E-state index contributed by atoms with van der Waals surface area (Å²) in [5, 5.41) is 10.9. The maximum Gasteiger partial charge on any atom is 0.325 e. The van der Waals surface area contributed by atoms with Crippen molar-refractivity contribution in [3.8, 4) is 0 Å². The lowest BCUT2D eigenvalue weighted by Crippen LogP contribution is -2.38. The molecule has 68 valence electrons. The number of carbonyl (C=O) groups excluding carboxylic acids is 1. The average molecular weight is 171 g/mol. The molecular weight excluding hydrogens is 158 g/mol. The molecule has 1 rings (SSSR count). The van der Waals surface area contributed by atoms with Crippen LogP contribution in [-0.4, -0.2) is 23.0 Å². The van der Waals surface area contributed by atoms with Crippen LogP contribution in [-0.2, 0) is 9.59 Å². The van der Waals surface area contributed by atoms with Gasteiger partial charge in [-0.15, -0.1) is 0 Å². The number of carboxylic acids is 1. The molecular formula is C8H13NO3. The van der Waals surface area contributed by atoms with Crippen LogP contribution in [0.5, 0.6) is 0 Å². The van der Waals surface area contributed by atoms with Crippen molar-refractivity contribution in [2.45, 2.75) is 32.2 Å². The Morgan fingerprint density at radius 3 is 2.58 bits per heavy atom. The van der Waals surface area contributed by atoms with Crippen LogP contribution < -0.4 is 5.32 Å². The van der Waals surface area contributed by atoms with Crippen LogP contribution in [0.1, 0.15) is 26.2 Å². The Morgan fingerprint density at radius 2 is 2.17 bits per heavy atom. The van der Waals surface area contributed by atoms with E-state index in [0.29, 0.717) is 12.3 Å². The van der Waals surface area contributed by atoms with Gasteiger partial charge >= 0.3 is 5.97 Å². The van der Waals surface area contributed by atoms with Gasteiger partial charge in [-0.05, 0) is 25.7 Å². The highest BCUT2D eigenvalue weighted by Gasteiger charge is 2.25. The van der Waals surface area contributed by atoms with Crippen LogP contribution in [0.15, 0.2) is 0 Å². The molecule has 1 aliphatic carbocycles. The molecule has 0 unspecified atom stereocenters. The monoisotopic (exact) mass is 171 g/mol. The van der Waals surface area contributed by atoms with Crippen molar-refractivity contribution in [2.24, 2.45) is 5.92 Å². The molecule has 0 aliphatic heterocycles. The van der Waals surface area contributed by atoms with E-state index in [2.05, 4.69) is 5.32 Å². The number of rotatable bonds is 4. The van der Waals surface area contributed by atoms with Crippen molar-refractivity contribution in [3.63, 3.8) is 0 Å². The molecule has 4 nitrogen and oxygen atoms in total. The van der Waals surface area contributed by atoms with E-state index >= 15 is 0 Å². The Kier molecular flexibility index (Phi) is 2.68. The molecule has 0 bridgehead atoms. The molecule has 0 aromatic carbocycles. The lowest BCUT2D eigenvalue weighted by Gasteiger charge is -2.07. The number of hydrogen-bond acceptors (Lipinski definition) is 2. The zero-order valence-corrected chi connectivity index (χ0v) is 7.04. The van der Waals surface area contributed by atoms with Gasteiger partial charge in [0.25, 0.3) is 0 Å². The van der Waals surface area contributed by atoms with Crippen molar-refractivity contribution in [2.75, 3.05) is 0 Å². The third-order valence-electron chi connectivity index (χ3n) is 1.92. The van der Waals surface area contributed by atoms with Crippen molar-refractivity contribution in [1.29, 1.82) is 0 Å². The van der Waals surface area contributed by atoms with Crippen molar-refractivity contribution in [3.05, 3.63) is 0 Å². The van der Waals surface area contributed by atoms with E-state index in [1.165, 1.54) is 6.92 Å². The van der Waals surface area contributed by atoms with Gasteiger partial charge in [0.2, 0.25) is 5.91 Å². The second-order valence-electron chi connectivity index (χ2n) is 3.27. The van der Waals surface area contributed by atoms with Crippen molar-refractivity contribution < 1.29 is 14.7 Å². The summed E-state index contributed by atoms with van der Waals surface area (Å²) in [6.45, 7) is 1.47. The number of amides is 1. The Morgan fingerprint density at radius 1 is 1.58 bits per heavy atom. The summed E-state index contributed by atoms with van der Waals surface area (Å²) in [7, 11) is 0. The Bertz CT molecular complexity index is 198. The fourth-order valence-corrected chi connectivity index (χ4v) is 0.946. The van der Waals surface area contributed by atoms with E-state index in [-0.39, 0.29) is 5.91 Å². The predicted molar refractivity (Wildman–Crippen MR) is 42.6 cm³/mol. The van der Waals surface area contributed by atoms with Gasteiger partial charge in [-0.3, -0.25) is 9.59 Å². The highest BCUT2D eigenvalue weighted by Crippen LogP contribution is 2.32. The fraction of sp³-hybridized carbons (Fsp3) is 0.750. The minimum atomic E-state index is -0.987. The Hall–Kier alpha value is -1.06. The molecule has 0 aromatic rings. The van der Waals surface area contributed by atoms with Crippen molar-refractivity contribution >= 4 is 11.9 Å². The molecule has 12 heavy (non-hydrogen) atoms.